The van der Waals surface area contributed by atoms with E-state index in [0.29, 0.717) is 12.3 Å². The lowest BCUT2D eigenvalue weighted by atomic mass is 9.86. The normalized spacial score (nSPS) is 15.6. The van der Waals surface area contributed by atoms with Gasteiger partial charge < -0.3 is 9.73 Å². The number of fused-ring (bicyclic) bond motifs is 1. The van der Waals surface area contributed by atoms with Gasteiger partial charge in [0, 0.05) is 17.5 Å². The summed E-state index contributed by atoms with van der Waals surface area (Å²) in [6.07, 6.45) is 2.43. The van der Waals surface area contributed by atoms with Gasteiger partial charge >= 0.3 is 0 Å². The third kappa shape index (κ3) is 4.97. The summed E-state index contributed by atoms with van der Waals surface area (Å²) in [5, 5.41) is 4.14. The van der Waals surface area contributed by atoms with Crippen LogP contribution in [0.4, 0.5) is 0 Å². The summed E-state index contributed by atoms with van der Waals surface area (Å²) >= 11 is 0. The van der Waals surface area contributed by atoms with Crippen molar-refractivity contribution >= 4 is 29.3 Å². The summed E-state index contributed by atoms with van der Waals surface area (Å²) in [5.41, 5.74) is 4.37. The number of halogens is 1. The highest BCUT2D eigenvalue weighted by Gasteiger charge is 2.26. The molecule has 1 atom stereocenters. The summed E-state index contributed by atoms with van der Waals surface area (Å²) in [7, 11) is 0. The van der Waals surface area contributed by atoms with Crippen molar-refractivity contribution in [1.82, 2.24) is 10.2 Å². The van der Waals surface area contributed by atoms with Crippen LogP contribution < -0.4 is 5.32 Å². The molecule has 1 saturated heterocycles. The van der Waals surface area contributed by atoms with Gasteiger partial charge in [-0.25, -0.2) is 0 Å². The van der Waals surface area contributed by atoms with Crippen LogP contribution in [0.25, 0.3) is 11.0 Å². The topological polar surface area (TPSA) is 45.5 Å². The molecule has 4 nitrogen and oxygen atoms in total. The number of carbonyl (C=O) groups is 1. The number of nitrogens with one attached hydrogen (secondary N) is 1. The van der Waals surface area contributed by atoms with Crippen LogP contribution in [-0.2, 0) is 5.41 Å². The average molecular weight is 441 g/mol. The number of hydrogen-bond donors (Lipinski definition) is 1. The average Bonchev–Trinajstić information content (AvgIpc) is 3.37. The lowest BCUT2D eigenvalue weighted by Gasteiger charge is -2.29. The highest BCUT2D eigenvalue weighted by molar-refractivity contribution is 5.98. The number of furan rings is 1. The molecule has 0 saturated carbocycles. The number of carbonyl (C=O) groups excluding carboxylic acids is 1. The van der Waals surface area contributed by atoms with Crippen LogP contribution in [0.1, 0.15) is 66.9 Å². The Labute approximate surface area is 191 Å². The van der Waals surface area contributed by atoms with Gasteiger partial charge in [-0.15, -0.1) is 12.4 Å². The Kier molecular flexibility index (Phi) is 7.13. The van der Waals surface area contributed by atoms with E-state index < -0.39 is 0 Å². The second kappa shape index (κ2) is 9.46. The van der Waals surface area contributed by atoms with E-state index in [9.17, 15) is 4.79 Å². The van der Waals surface area contributed by atoms with E-state index in [0.717, 1.165) is 29.6 Å². The summed E-state index contributed by atoms with van der Waals surface area (Å²) in [4.78, 5) is 15.4. The minimum Gasteiger partial charge on any atom is -0.451 e. The minimum absolute atomic E-state index is 0. The fourth-order valence-corrected chi connectivity index (χ4v) is 4.38. The van der Waals surface area contributed by atoms with Gasteiger partial charge in [0.1, 0.15) is 5.58 Å². The number of amides is 1. The van der Waals surface area contributed by atoms with E-state index in [4.69, 9.17) is 4.42 Å². The Bertz CT molecular complexity index is 1030. The van der Waals surface area contributed by atoms with E-state index in [2.05, 4.69) is 55.3 Å². The lowest BCUT2D eigenvalue weighted by Crippen LogP contribution is -2.37. The Morgan fingerprint density at radius 2 is 1.71 bits per heavy atom. The third-order valence-corrected chi connectivity index (χ3v) is 6.25. The fraction of sp³-hybridized carbons (Fsp3) is 0.423. The number of aryl methyl sites for hydroxylation is 1. The van der Waals surface area contributed by atoms with Crippen molar-refractivity contribution < 1.29 is 9.21 Å². The van der Waals surface area contributed by atoms with Crippen LogP contribution in [0, 0.1) is 6.92 Å². The molecule has 1 unspecified atom stereocenters. The molecule has 2 heterocycles. The largest absolute Gasteiger partial charge is 0.451 e. The van der Waals surface area contributed by atoms with E-state index in [-0.39, 0.29) is 29.8 Å². The van der Waals surface area contributed by atoms with Crippen molar-refractivity contribution in [2.45, 2.75) is 52.0 Å². The fourth-order valence-electron chi connectivity index (χ4n) is 4.38. The first kappa shape index (κ1) is 23.4. The number of hydrogen-bond acceptors (Lipinski definition) is 3. The third-order valence-electron chi connectivity index (χ3n) is 6.25. The van der Waals surface area contributed by atoms with Crippen LogP contribution >= 0.6 is 12.4 Å². The monoisotopic (exact) mass is 440 g/mol. The molecule has 0 bridgehead atoms. The summed E-state index contributed by atoms with van der Waals surface area (Å²) < 4.78 is 5.85. The van der Waals surface area contributed by atoms with Crippen molar-refractivity contribution in [1.29, 1.82) is 0 Å². The van der Waals surface area contributed by atoms with Crippen LogP contribution in [0.5, 0.6) is 0 Å². The van der Waals surface area contributed by atoms with E-state index >= 15 is 0 Å². The van der Waals surface area contributed by atoms with Gasteiger partial charge in [0.15, 0.2) is 5.76 Å². The van der Waals surface area contributed by atoms with Gasteiger partial charge in [-0.3, -0.25) is 9.69 Å². The van der Waals surface area contributed by atoms with Crippen molar-refractivity contribution in [3.8, 4) is 0 Å². The van der Waals surface area contributed by atoms with Crippen molar-refractivity contribution in [3.05, 3.63) is 71.0 Å². The molecule has 1 aliphatic heterocycles. The number of likely N-dealkylation sites (tertiary alicyclic amines) is 1. The number of nitrogens with zero attached hydrogens (tertiary/aromatic N) is 1. The molecule has 1 aromatic heterocycles. The standard InChI is InChI=1S/C26H32N2O2.ClH/c1-18-21-9-5-6-10-23(21)30-24(18)25(29)27-17-22(28-15-7-8-16-28)19-11-13-20(14-12-19)26(2,3)4;/h5-6,9-14,22H,7-8,15-17H2,1-4H3,(H,27,29);1H. The first-order valence-electron chi connectivity index (χ1n) is 11.0. The van der Waals surface area contributed by atoms with Crippen molar-refractivity contribution in [2.24, 2.45) is 0 Å². The molecule has 1 aliphatic rings. The van der Waals surface area contributed by atoms with E-state index in [1.165, 1.54) is 24.0 Å². The Morgan fingerprint density at radius 1 is 1.06 bits per heavy atom. The van der Waals surface area contributed by atoms with Crippen LogP contribution in [0.3, 0.4) is 0 Å². The molecule has 1 fully saturated rings. The smallest absolute Gasteiger partial charge is 0.287 e. The maximum atomic E-state index is 12.9. The summed E-state index contributed by atoms with van der Waals surface area (Å²) in [5.74, 6) is 0.277. The first-order valence-corrected chi connectivity index (χ1v) is 11.0. The van der Waals surface area contributed by atoms with Gasteiger partial charge in [-0.05, 0) is 55.5 Å². The second-order valence-corrected chi connectivity index (χ2v) is 9.39. The van der Waals surface area contributed by atoms with Gasteiger partial charge in [0.2, 0.25) is 0 Å². The predicted molar refractivity (Wildman–Crippen MR) is 129 cm³/mol. The zero-order chi connectivity index (χ0) is 21.3. The van der Waals surface area contributed by atoms with E-state index in [1.54, 1.807) is 0 Å². The maximum absolute atomic E-state index is 12.9. The second-order valence-electron chi connectivity index (χ2n) is 9.39. The van der Waals surface area contributed by atoms with Crippen LogP contribution in [-0.4, -0.2) is 30.4 Å². The van der Waals surface area contributed by atoms with Gasteiger partial charge in [0.05, 0.1) is 6.04 Å². The Morgan fingerprint density at radius 3 is 2.32 bits per heavy atom. The Balaban J connectivity index is 0.00000272. The van der Waals surface area contributed by atoms with Crippen molar-refractivity contribution in [2.75, 3.05) is 19.6 Å². The molecule has 2 aromatic carbocycles. The molecule has 1 amide bonds. The minimum atomic E-state index is -0.140. The molecule has 0 spiro atoms. The van der Waals surface area contributed by atoms with Gasteiger partial charge in [-0.2, -0.15) is 0 Å². The molecule has 0 aliphatic carbocycles. The number of benzene rings is 2. The van der Waals surface area contributed by atoms with Gasteiger partial charge in [-0.1, -0.05) is 63.2 Å². The SMILES string of the molecule is Cc1c(C(=O)NCC(c2ccc(C(C)(C)C)cc2)N2CCCC2)oc2ccccc12.Cl. The van der Waals surface area contributed by atoms with Crippen LogP contribution in [0.2, 0.25) is 0 Å². The highest BCUT2D eigenvalue weighted by atomic mass is 35.5. The van der Waals surface area contributed by atoms with Gasteiger partial charge in [0.25, 0.3) is 5.91 Å². The lowest BCUT2D eigenvalue weighted by molar-refractivity contribution is 0.0911. The Hall–Kier alpha value is -2.30. The van der Waals surface area contributed by atoms with Crippen molar-refractivity contribution in [3.63, 3.8) is 0 Å². The molecule has 1 N–H and O–H groups in total. The number of rotatable bonds is 5. The zero-order valence-corrected chi connectivity index (χ0v) is 19.7. The number of para-hydroxylation sites is 1. The highest BCUT2D eigenvalue weighted by Crippen LogP contribution is 2.29. The zero-order valence-electron chi connectivity index (χ0n) is 18.9. The van der Waals surface area contributed by atoms with E-state index in [1.807, 2.05) is 31.2 Å². The molecule has 166 valence electrons. The molecule has 31 heavy (non-hydrogen) atoms. The first-order chi connectivity index (χ1) is 14.3. The molecular weight excluding hydrogens is 408 g/mol. The predicted octanol–water partition coefficient (Wildman–Crippen LogP) is 6.03. The molecule has 3 aromatic rings. The molecule has 5 heteroatoms. The molecule has 4 rings (SSSR count). The maximum Gasteiger partial charge on any atom is 0.287 e. The molecular formula is C26H33ClN2O2. The molecule has 0 radical (unpaired) electrons. The summed E-state index contributed by atoms with van der Waals surface area (Å²) in [6.45, 7) is 11.4. The van der Waals surface area contributed by atoms with Crippen LogP contribution in [0.15, 0.2) is 52.9 Å². The summed E-state index contributed by atoms with van der Waals surface area (Å²) in [6, 6.07) is 16.9. The quantitative estimate of drug-likeness (QED) is 0.527.